The quantitative estimate of drug-likeness (QED) is 0.471. The molecule has 0 radical (unpaired) electrons. The van der Waals surface area contributed by atoms with E-state index in [-0.39, 0.29) is 44.4 Å². The number of hydrogen-bond acceptors (Lipinski definition) is 5. The Morgan fingerprint density at radius 2 is 1.31 bits per heavy atom. The average molecular weight is 516 g/mol. The van der Waals surface area contributed by atoms with Crippen LogP contribution in [0.25, 0.3) is 11.3 Å². The molecule has 0 amide bonds. The highest BCUT2D eigenvalue weighted by molar-refractivity contribution is 7.89. The molecule has 186 valence electrons. The standard InChI is InChI=1S/C22H18F6N4O2S/c23-21(24,25)16-10-17(22(26,27)28)12-18(11-16)35(33,34)32-8-6-31(7-9-32)20-13-19(29-14-30-20)15-4-2-1-3-5-15/h1-5,10-14H,6-9H2. The zero-order valence-corrected chi connectivity index (χ0v) is 18.7. The van der Waals surface area contributed by atoms with Gasteiger partial charge < -0.3 is 4.90 Å². The van der Waals surface area contributed by atoms with Crippen molar-refractivity contribution in [1.82, 2.24) is 14.3 Å². The molecule has 1 fully saturated rings. The number of benzene rings is 2. The minimum atomic E-state index is -5.15. The molecule has 1 aliphatic heterocycles. The number of piperazine rings is 1. The van der Waals surface area contributed by atoms with Crippen LogP contribution in [0.5, 0.6) is 0 Å². The van der Waals surface area contributed by atoms with Gasteiger partial charge >= 0.3 is 12.4 Å². The van der Waals surface area contributed by atoms with Crippen molar-refractivity contribution < 1.29 is 34.8 Å². The number of hydrogen-bond donors (Lipinski definition) is 0. The summed E-state index contributed by atoms with van der Waals surface area (Å²) in [6.45, 7) is -0.0274. The maximum Gasteiger partial charge on any atom is 0.416 e. The number of rotatable bonds is 4. The second-order valence-corrected chi connectivity index (χ2v) is 9.70. The highest BCUT2D eigenvalue weighted by Crippen LogP contribution is 2.38. The predicted molar refractivity (Wildman–Crippen MR) is 115 cm³/mol. The van der Waals surface area contributed by atoms with Crippen LogP contribution in [0, 0.1) is 0 Å². The minimum absolute atomic E-state index is 0.101. The summed E-state index contributed by atoms with van der Waals surface area (Å²) in [6, 6.07) is 11.4. The van der Waals surface area contributed by atoms with Crippen LogP contribution in [-0.4, -0.2) is 48.9 Å². The molecule has 4 rings (SSSR count). The Morgan fingerprint density at radius 1 is 0.743 bits per heavy atom. The van der Waals surface area contributed by atoms with Crippen molar-refractivity contribution in [3.05, 3.63) is 72.1 Å². The summed E-state index contributed by atoms with van der Waals surface area (Å²) in [4.78, 5) is 9.15. The molecular formula is C22H18F6N4O2S. The van der Waals surface area contributed by atoms with Gasteiger partial charge in [0.05, 0.1) is 21.7 Å². The van der Waals surface area contributed by atoms with Gasteiger partial charge in [-0.15, -0.1) is 0 Å². The highest BCUT2D eigenvalue weighted by atomic mass is 32.2. The molecule has 13 heteroatoms. The van der Waals surface area contributed by atoms with Crippen LogP contribution in [0.2, 0.25) is 0 Å². The van der Waals surface area contributed by atoms with Gasteiger partial charge in [-0.3, -0.25) is 0 Å². The summed E-state index contributed by atoms with van der Waals surface area (Å²) in [5.74, 6) is 0.523. The summed E-state index contributed by atoms with van der Waals surface area (Å²) in [6.07, 6.45) is -8.93. The van der Waals surface area contributed by atoms with Gasteiger partial charge in [0.25, 0.3) is 0 Å². The van der Waals surface area contributed by atoms with Gasteiger partial charge in [-0.05, 0) is 18.2 Å². The molecule has 1 aromatic heterocycles. The first-order chi connectivity index (χ1) is 16.4. The third-order valence-electron chi connectivity index (χ3n) is 5.48. The van der Waals surface area contributed by atoms with Crippen molar-refractivity contribution >= 4 is 15.8 Å². The topological polar surface area (TPSA) is 66.4 Å². The number of alkyl halides is 6. The molecule has 0 atom stereocenters. The van der Waals surface area contributed by atoms with Crippen molar-refractivity contribution in [3.8, 4) is 11.3 Å². The van der Waals surface area contributed by atoms with Crippen LogP contribution in [-0.2, 0) is 22.4 Å². The summed E-state index contributed by atoms with van der Waals surface area (Å²) in [5, 5.41) is 0. The molecule has 3 aromatic rings. The Bertz CT molecular complexity index is 1270. The fraction of sp³-hybridized carbons (Fsp3) is 0.273. The van der Waals surface area contributed by atoms with E-state index in [1.807, 2.05) is 30.3 Å². The zero-order chi connectivity index (χ0) is 25.4. The van der Waals surface area contributed by atoms with Gasteiger partial charge in [-0.1, -0.05) is 30.3 Å². The van der Waals surface area contributed by atoms with Crippen LogP contribution in [0.3, 0.4) is 0 Å². The Hall–Kier alpha value is -3.19. The molecule has 0 bridgehead atoms. The van der Waals surface area contributed by atoms with Crippen LogP contribution in [0.4, 0.5) is 32.2 Å². The van der Waals surface area contributed by atoms with Crippen LogP contribution >= 0.6 is 0 Å². The molecule has 2 aromatic carbocycles. The van der Waals surface area contributed by atoms with E-state index in [2.05, 4.69) is 9.97 Å². The second-order valence-electron chi connectivity index (χ2n) is 7.76. The Balaban J connectivity index is 1.56. The number of aromatic nitrogens is 2. The lowest BCUT2D eigenvalue weighted by Gasteiger charge is -2.34. The molecule has 35 heavy (non-hydrogen) atoms. The molecule has 0 spiro atoms. The molecule has 0 saturated carbocycles. The lowest BCUT2D eigenvalue weighted by atomic mass is 10.1. The first-order valence-electron chi connectivity index (χ1n) is 10.3. The highest BCUT2D eigenvalue weighted by Gasteiger charge is 2.39. The van der Waals surface area contributed by atoms with Crippen molar-refractivity contribution in [3.63, 3.8) is 0 Å². The smallest absolute Gasteiger partial charge is 0.354 e. The third-order valence-corrected chi connectivity index (χ3v) is 7.36. The Kier molecular flexibility index (Phi) is 6.49. The van der Waals surface area contributed by atoms with E-state index in [0.717, 1.165) is 9.87 Å². The predicted octanol–water partition coefficient (Wildman–Crippen LogP) is 4.69. The van der Waals surface area contributed by atoms with Gasteiger partial charge in [0, 0.05) is 37.8 Å². The van der Waals surface area contributed by atoms with E-state index in [9.17, 15) is 34.8 Å². The molecule has 0 aliphatic carbocycles. The van der Waals surface area contributed by atoms with Crippen LogP contribution in [0.1, 0.15) is 11.1 Å². The fourth-order valence-electron chi connectivity index (χ4n) is 3.67. The lowest BCUT2D eigenvalue weighted by molar-refractivity contribution is -0.143. The number of nitrogens with zero attached hydrogens (tertiary/aromatic N) is 4. The normalized spacial score (nSPS) is 15.9. The minimum Gasteiger partial charge on any atom is -0.354 e. The van der Waals surface area contributed by atoms with E-state index in [0.29, 0.717) is 11.5 Å². The fourth-order valence-corrected chi connectivity index (χ4v) is 5.16. The summed E-state index contributed by atoms with van der Waals surface area (Å²) >= 11 is 0. The van der Waals surface area contributed by atoms with Gasteiger partial charge in [0.15, 0.2) is 0 Å². The van der Waals surface area contributed by atoms with Crippen LogP contribution in [0.15, 0.2) is 65.8 Å². The molecule has 6 nitrogen and oxygen atoms in total. The maximum absolute atomic E-state index is 13.2. The molecular weight excluding hydrogens is 498 g/mol. The van der Waals surface area contributed by atoms with Crippen molar-refractivity contribution in [2.75, 3.05) is 31.1 Å². The average Bonchev–Trinajstić information content (AvgIpc) is 2.83. The molecule has 0 N–H and O–H groups in total. The monoisotopic (exact) mass is 516 g/mol. The largest absolute Gasteiger partial charge is 0.416 e. The number of anilines is 1. The lowest BCUT2D eigenvalue weighted by Crippen LogP contribution is -2.49. The van der Waals surface area contributed by atoms with Crippen molar-refractivity contribution in [2.45, 2.75) is 17.2 Å². The van der Waals surface area contributed by atoms with Gasteiger partial charge in [-0.25, -0.2) is 18.4 Å². The van der Waals surface area contributed by atoms with E-state index in [4.69, 9.17) is 0 Å². The maximum atomic E-state index is 13.2. The molecule has 1 saturated heterocycles. The van der Waals surface area contributed by atoms with E-state index < -0.39 is 38.4 Å². The zero-order valence-electron chi connectivity index (χ0n) is 17.9. The summed E-state index contributed by atoms with van der Waals surface area (Å²) < 4.78 is 106. The van der Waals surface area contributed by atoms with Crippen molar-refractivity contribution in [2.24, 2.45) is 0 Å². The summed E-state index contributed by atoms with van der Waals surface area (Å²) in [5.41, 5.74) is -1.87. The Morgan fingerprint density at radius 3 is 1.86 bits per heavy atom. The first kappa shape index (κ1) is 24.9. The number of halogens is 6. The number of sulfonamides is 1. The van der Waals surface area contributed by atoms with Crippen LogP contribution < -0.4 is 4.90 Å². The van der Waals surface area contributed by atoms with Gasteiger partial charge in [0.1, 0.15) is 12.1 Å². The van der Waals surface area contributed by atoms with Gasteiger partial charge in [-0.2, -0.15) is 30.6 Å². The summed E-state index contributed by atoms with van der Waals surface area (Å²) in [7, 11) is -4.61. The third kappa shape index (κ3) is 5.40. The van der Waals surface area contributed by atoms with E-state index >= 15 is 0 Å². The van der Waals surface area contributed by atoms with Gasteiger partial charge in [0.2, 0.25) is 10.0 Å². The molecule has 0 unspecified atom stereocenters. The van der Waals surface area contributed by atoms with Crippen molar-refractivity contribution in [1.29, 1.82) is 0 Å². The Labute approximate surface area is 196 Å². The van der Waals surface area contributed by atoms with E-state index in [1.165, 1.54) is 6.33 Å². The molecule has 2 heterocycles. The second kappa shape index (κ2) is 9.11. The van der Waals surface area contributed by atoms with E-state index in [1.54, 1.807) is 11.0 Å². The molecule has 1 aliphatic rings. The SMILES string of the molecule is O=S(=O)(c1cc(C(F)(F)F)cc(C(F)(F)F)c1)N1CCN(c2cc(-c3ccccc3)ncn2)CC1. The first-order valence-corrected chi connectivity index (χ1v) is 11.7.